The number of nitrogens with zero attached hydrogens (tertiary/aromatic N) is 3. The van der Waals surface area contributed by atoms with E-state index in [4.69, 9.17) is 4.74 Å². The second-order valence-electron chi connectivity index (χ2n) is 6.46. The Morgan fingerprint density at radius 3 is 2.76 bits per heavy atom. The lowest BCUT2D eigenvalue weighted by molar-refractivity contribution is 0.0308. The predicted octanol–water partition coefficient (Wildman–Crippen LogP) is 0.496. The molecule has 1 aromatic heterocycles. The van der Waals surface area contributed by atoms with Crippen LogP contribution in [0.4, 0.5) is 16.3 Å². The molecule has 25 heavy (non-hydrogen) atoms. The molecule has 2 saturated heterocycles. The van der Waals surface area contributed by atoms with Crippen molar-refractivity contribution in [2.24, 2.45) is 0 Å². The first-order valence-electron chi connectivity index (χ1n) is 8.94. The zero-order valence-electron chi connectivity index (χ0n) is 14.5. The molecule has 3 heterocycles. The number of urea groups is 1. The van der Waals surface area contributed by atoms with E-state index in [2.05, 4.69) is 25.4 Å². The first kappa shape index (κ1) is 17.9. The Hall–Kier alpha value is -1.90. The van der Waals surface area contributed by atoms with Crippen LogP contribution in [0.3, 0.4) is 0 Å². The third-order valence-electron chi connectivity index (χ3n) is 4.58. The van der Waals surface area contributed by atoms with Crippen molar-refractivity contribution in [2.45, 2.75) is 18.9 Å². The Labute approximate surface area is 148 Å². The number of anilines is 2. The van der Waals surface area contributed by atoms with Crippen molar-refractivity contribution in [3.05, 3.63) is 18.3 Å². The molecule has 1 aromatic rings. The van der Waals surface area contributed by atoms with E-state index in [9.17, 15) is 9.90 Å². The van der Waals surface area contributed by atoms with E-state index in [0.717, 1.165) is 44.8 Å². The van der Waals surface area contributed by atoms with Crippen LogP contribution in [0.15, 0.2) is 18.3 Å². The highest BCUT2D eigenvalue weighted by atomic mass is 16.5. The molecule has 0 aromatic carbocycles. The normalized spacial score (nSPS) is 19.6. The number of pyridine rings is 1. The molecule has 0 spiro atoms. The summed E-state index contributed by atoms with van der Waals surface area (Å²) in [6, 6.07) is 3.04. The number of hydrogen-bond donors (Lipinski definition) is 3. The topological polar surface area (TPSA) is 90.0 Å². The molecule has 0 saturated carbocycles. The SMILES string of the molecule is O=C(Nc1cccnc1N1CCCC1)N[C@@H](CO)CN1CCOCC1. The second-order valence-corrected chi connectivity index (χ2v) is 6.46. The molecule has 0 unspecified atom stereocenters. The molecular weight excluding hydrogens is 322 g/mol. The highest BCUT2D eigenvalue weighted by Gasteiger charge is 2.20. The van der Waals surface area contributed by atoms with Gasteiger partial charge in [0.2, 0.25) is 0 Å². The first-order chi connectivity index (χ1) is 12.3. The van der Waals surface area contributed by atoms with E-state index in [1.165, 1.54) is 0 Å². The summed E-state index contributed by atoms with van der Waals surface area (Å²) in [7, 11) is 0. The third kappa shape index (κ3) is 5.04. The molecule has 2 amide bonds. The van der Waals surface area contributed by atoms with Crippen LogP contribution < -0.4 is 15.5 Å². The van der Waals surface area contributed by atoms with Crippen LogP contribution in [0.2, 0.25) is 0 Å². The summed E-state index contributed by atoms with van der Waals surface area (Å²) in [6.07, 6.45) is 4.04. The number of rotatable bonds is 6. The molecule has 8 nitrogen and oxygen atoms in total. The number of hydrogen-bond acceptors (Lipinski definition) is 6. The van der Waals surface area contributed by atoms with Crippen molar-refractivity contribution >= 4 is 17.5 Å². The van der Waals surface area contributed by atoms with Gasteiger partial charge in [0.15, 0.2) is 5.82 Å². The number of carbonyl (C=O) groups is 1. The van der Waals surface area contributed by atoms with Crippen LogP contribution in [0.1, 0.15) is 12.8 Å². The fourth-order valence-corrected chi connectivity index (χ4v) is 3.26. The summed E-state index contributed by atoms with van der Waals surface area (Å²) in [6.45, 7) is 5.46. The van der Waals surface area contributed by atoms with E-state index in [1.54, 1.807) is 6.20 Å². The molecule has 3 N–H and O–H groups in total. The molecule has 3 rings (SSSR count). The van der Waals surface area contributed by atoms with E-state index in [-0.39, 0.29) is 18.7 Å². The highest BCUT2D eigenvalue weighted by Crippen LogP contribution is 2.25. The zero-order valence-corrected chi connectivity index (χ0v) is 14.5. The summed E-state index contributed by atoms with van der Waals surface area (Å²) >= 11 is 0. The Bertz CT molecular complexity index is 559. The summed E-state index contributed by atoms with van der Waals surface area (Å²) in [5.74, 6) is 0.809. The summed E-state index contributed by atoms with van der Waals surface area (Å²) in [5.41, 5.74) is 0.699. The van der Waals surface area contributed by atoms with E-state index in [1.807, 2.05) is 12.1 Å². The van der Waals surface area contributed by atoms with Crippen LogP contribution in [0, 0.1) is 0 Å². The Morgan fingerprint density at radius 1 is 1.28 bits per heavy atom. The van der Waals surface area contributed by atoms with Gasteiger partial charge in [0.1, 0.15) is 0 Å². The predicted molar refractivity (Wildman–Crippen MR) is 96.0 cm³/mol. The van der Waals surface area contributed by atoms with Crippen molar-refractivity contribution in [3.8, 4) is 0 Å². The number of amides is 2. The molecule has 2 aliphatic heterocycles. The lowest BCUT2D eigenvalue weighted by atomic mass is 10.2. The van der Waals surface area contributed by atoms with Crippen LogP contribution in [0.5, 0.6) is 0 Å². The minimum absolute atomic E-state index is 0.100. The van der Waals surface area contributed by atoms with Gasteiger partial charge < -0.3 is 25.4 Å². The fraction of sp³-hybridized carbons (Fsp3) is 0.647. The maximum atomic E-state index is 12.4. The van der Waals surface area contributed by atoms with Gasteiger partial charge in [-0.2, -0.15) is 0 Å². The minimum atomic E-state index is -0.319. The van der Waals surface area contributed by atoms with E-state index >= 15 is 0 Å². The van der Waals surface area contributed by atoms with Gasteiger partial charge in [-0.25, -0.2) is 9.78 Å². The third-order valence-corrected chi connectivity index (χ3v) is 4.58. The summed E-state index contributed by atoms with van der Waals surface area (Å²) in [4.78, 5) is 21.2. The van der Waals surface area contributed by atoms with Gasteiger partial charge in [-0.3, -0.25) is 4.90 Å². The van der Waals surface area contributed by atoms with Gasteiger partial charge in [-0.05, 0) is 25.0 Å². The maximum absolute atomic E-state index is 12.4. The smallest absolute Gasteiger partial charge is 0.319 e. The molecule has 2 aliphatic rings. The molecule has 2 fully saturated rings. The van der Waals surface area contributed by atoms with Gasteiger partial charge in [-0.1, -0.05) is 0 Å². The standard InChI is InChI=1S/C17H27N5O3/c23-13-14(12-21-8-10-25-11-9-21)19-17(24)20-15-4-3-5-18-16(15)22-6-1-2-7-22/h3-5,14,23H,1-2,6-13H2,(H2,19,20,24)/t14-/m1/s1. The molecule has 0 radical (unpaired) electrons. The molecular formula is C17H27N5O3. The van der Waals surface area contributed by atoms with Crippen molar-refractivity contribution in [2.75, 3.05) is 62.8 Å². The van der Waals surface area contributed by atoms with Crippen molar-refractivity contribution < 1.29 is 14.6 Å². The lowest BCUT2D eigenvalue weighted by Gasteiger charge is -2.30. The van der Waals surface area contributed by atoms with E-state index in [0.29, 0.717) is 25.4 Å². The maximum Gasteiger partial charge on any atom is 0.319 e. The second kappa shape index (κ2) is 8.98. The Kier molecular flexibility index (Phi) is 6.43. The summed E-state index contributed by atoms with van der Waals surface area (Å²) < 4.78 is 5.32. The van der Waals surface area contributed by atoms with Crippen molar-refractivity contribution in [3.63, 3.8) is 0 Å². The first-order valence-corrected chi connectivity index (χ1v) is 8.94. The molecule has 1 atom stereocenters. The number of morpholine rings is 1. The van der Waals surface area contributed by atoms with Gasteiger partial charge in [0, 0.05) is 38.9 Å². The van der Waals surface area contributed by atoms with Gasteiger partial charge >= 0.3 is 6.03 Å². The molecule has 0 bridgehead atoms. The number of ether oxygens (including phenoxy) is 1. The average Bonchev–Trinajstić information content (AvgIpc) is 3.17. The lowest BCUT2D eigenvalue weighted by Crippen LogP contribution is -2.50. The molecule has 138 valence electrons. The van der Waals surface area contributed by atoms with Crippen LogP contribution in [-0.2, 0) is 4.74 Å². The largest absolute Gasteiger partial charge is 0.394 e. The van der Waals surface area contributed by atoms with Crippen molar-refractivity contribution in [1.29, 1.82) is 0 Å². The zero-order chi connectivity index (χ0) is 17.5. The monoisotopic (exact) mass is 349 g/mol. The number of aliphatic hydroxyl groups excluding tert-OH is 1. The van der Waals surface area contributed by atoms with Crippen LogP contribution in [0.25, 0.3) is 0 Å². The van der Waals surface area contributed by atoms with Gasteiger partial charge in [0.05, 0.1) is 31.5 Å². The number of nitrogens with one attached hydrogen (secondary N) is 2. The number of aliphatic hydroxyl groups is 1. The molecule has 8 heteroatoms. The summed E-state index contributed by atoms with van der Waals surface area (Å²) in [5, 5.41) is 15.3. The Morgan fingerprint density at radius 2 is 2.04 bits per heavy atom. The average molecular weight is 349 g/mol. The van der Waals surface area contributed by atoms with E-state index < -0.39 is 0 Å². The van der Waals surface area contributed by atoms with Gasteiger partial charge in [0.25, 0.3) is 0 Å². The van der Waals surface area contributed by atoms with Crippen LogP contribution >= 0.6 is 0 Å². The van der Waals surface area contributed by atoms with Crippen LogP contribution in [-0.4, -0.2) is 79.6 Å². The van der Waals surface area contributed by atoms with Gasteiger partial charge in [-0.15, -0.1) is 0 Å². The van der Waals surface area contributed by atoms with Crippen molar-refractivity contribution in [1.82, 2.24) is 15.2 Å². The number of carbonyl (C=O) groups excluding carboxylic acids is 1. The molecule has 0 aliphatic carbocycles. The highest BCUT2D eigenvalue weighted by molar-refractivity contribution is 5.92. The Balaban J connectivity index is 1.56. The quantitative estimate of drug-likeness (QED) is 0.693. The number of aromatic nitrogens is 1. The minimum Gasteiger partial charge on any atom is -0.394 e. The fourth-order valence-electron chi connectivity index (χ4n) is 3.26.